The molecule has 0 fully saturated rings. The van der Waals surface area contributed by atoms with E-state index < -0.39 is 9.84 Å². The van der Waals surface area contributed by atoms with Gasteiger partial charge in [0.05, 0.1) is 5.75 Å². The smallest absolute Gasteiger partial charge is 0.149 e. The molecule has 1 heterocycles. The summed E-state index contributed by atoms with van der Waals surface area (Å²) in [6, 6.07) is 2.16. The molecule has 5 nitrogen and oxygen atoms in total. The largest absolute Gasteiger partial charge is 0.358 e. The van der Waals surface area contributed by atoms with Crippen LogP contribution in [0.2, 0.25) is 0 Å². The van der Waals surface area contributed by atoms with Crippen LogP contribution in [0.4, 0.5) is 5.82 Å². The number of nitrogens with two attached hydrogens (primary N) is 1. The third-order valence-electron chi connectivity index (χ3n) is 2.82. The number of hydrogen-bond acceptors (Lipinski definition) is 5. The molecule has 2 N–H and O–H groups in total. The van der Waals surface area contributed by atoms with Crippen LogP contribution in [-0.4, -0.2) is 45.0 Å². The average molecular weight is 285 g/mol. The van der Waals surface area contributed by atoms with Crippen molar-refractivity contribution in [3.05, 3.63) is 23.4 Å². The highest BCUT2D eigenvalue weighted by Crippen LogP contribution is 2.17. The number of anilines is 1. The van der Waals surface area contributed by atoms with Crippen LogP contribution < -0.4 is 10.6 Å². The van der Waals surface area contributed by atoms with Crippen LogP contribution in [0, 0.1) is 6.92 Å². The zero-order chi connectivity index (χ0) is 14.6. The average Bonchev–Trinajstić information content (AvgIpc) is 2.24. The first-order valence-corrected chi connectivity index (χ1v) is 8.35. The van der Waals surface area contributed by atoms with Gasteiger partial charge >= 0.3 is 0 Å². The van der Waals surface area contributed by atoms with Gasteiger partial charge in [0.1, 0.15) is 15.7 Å². The van der Waals surface area contributed by atoms with Crippen LogP contribution in [0.5, 0.6) is 0 Å². The zero-order valence-electron chi connectivity index (χ0n) is 12.0. The van der Waals surface area contributed by atoms with Gasteiger partial charge in [-0.3, -0.25) is 0 Å². The molecule has 19 heavy (non-hydrogen) atoms. The second-order valence-electron chi connectivity index (χ2n) is 5.22. The van der Waals surface area contributed by atoms with Gasteiger partial charge in [-0.1, -0.05) is 6.07 Å². The molecule has 1 aromatic rings. The Bertz CT molecular complexity index is 527. The second-order valence-corrected chi connectivity index (χ2v) is 7.48. The Labute approximate surface area is 115 Å². The standard InChI is InChI=1S/C13H23N3O2S/c1-10-7-12(8-11(2)14)9-15-13(10)16(3)5-6-19(4,17)18/h7,9,11H,5-6,8,14H2,1-4H3. The minimum atomic E-state index is -2.95. The molecule has 0 amide bonds. The van der Waals surface area contributed by atoms with E-state index in [1.807, 2.05) is 32.0 Å². The van der Waals surface area contributed by atoms with Crippen molar-refractivity contribution in [1.29, 1.82) is 0 Å². The van der Waals surface area contributed by atoms with Crippen molar-refractivity contribution < 1.29 is 8.42 Å². The number of sulfone groups is 1. The van der Waals surface area contributed by atoms with Crippen molar-refractivity contribution in [2.75, 3.05) is 30.5 Å². The lowest BCUT2D eigenvalue weighted by atomic mass is 10.1. The molecule has 108 valence electrons. The van der Waals surface area contributed by atoms with Crippen LogP contribution in [-0.2, 0) is 16.3 Å². The highest BCUT2D eigenvalue weighted by atomic mass is 32.2. The fourth-order valence-electron chi connectivity index (χ4n) is 1.92. The summed E-state index contributed by atoms with van der Waals surface area (Å²) in [7, 11) is -1.10. The quantitative estimate of drug-likeness (QED) is 0.835. The molecule has 6 heteroatoms. The molecule has 0 aliphatic heterocycles. The Kier molecular flexibility index (Phi) is 5.31. The molecule has 0 saturated heterocycles. The molecule has 1 unspecified atom stereocenters. The van der Waals surface area contributed by atoms with Gasteiger partial charge in [0.2, 0.25) is 0 Å². The lowest BCUT2D eigenvalue weighted by Crippen LogP contribution is -2.26. The maximum Gasteiger partial charge on any atom is 0.149 e. The lowest BCUT2D eigenvalue weighted by Gasteiger charge is -2.20. The summed E-state index contributed by atoms with van der Waals surface area (Å²) in [6.45, 7) is 4.38. The molecule has 1 atom stereocenters. The van der Waals surface area contributed by atoms with Crippen molar-refractivity contribution in [2.24, 2.45) is 5.73 Å². The minimum Gasteiger partial charge on any atom is -0.358 e. The molecular formula is C13H23N3O2S. The summed E-state index contributed by atoms with van der Waals surface area (Å²) >= 11 is 0. The molecule has 0 aliphatic carbocycles. The topological polar surface area (TPSA) is 76.3 Å². The summed E-state index contributed by atoms with van der Waals surface area (Å²) in [5.74, 6) is 0.948. The van der Waals surface area contributed by atoms with Crippen LogP contribution >= 0.6 is 0 Å². The Morgan fingerprint density at radius 1 is 1.47 bits per heavy atom. The number of nitrogens with zero attached hydrogens (tertiary/aromatic N) is 2. The van der Waals surface area contributed by atoms with E-state index in [9.17, 15) is 8.42 Å². The number of aromatic nitrogens is 1. The summed E-state index contributed by atoms with van der Waals surface area (Å²) < 4.78 is 22.3. The Morgan fingerprint density at radius 2 is 2.11 bits per heavy atom. The molecule has 0 spiro atoms. The Morgan fingerprint density at radius 3 is 2.58 bits per heavy atom. The van der Waals surface area contributed by atoms with Crippen LogP contribution in [0.15, 0.2) is 12.3 Å². The lowest BCUT2D eigenvalue weighted by molar-refractivity contribution is 0.601. The molecule has 0 aromatic carbocycles. The SMILES string of the molecule is Cc1cc(CC(C)N)cnc1N(C)CCS(C)(=O)=O. The van der Waals surface area contributed by atoms with Gasteiger partial charge in [-0.05, 0) is 31.4 Å². The fourth-order valence-corrected chi connectivity index (χ4v) is 2.52. The zero-order valence-corrected chi connectivity index (χ0v) is 12.9. The number of pyridine rings is 1. The molecule has 0 radical (unpaired) electrons. The molecule has 1 aromatic heterocycles. The van der Waals surface area contributed by atoms with Gasteiger partial charge in [-0.2, -0.15) is 0 Å². The van der Waals surface area contributed by atoms with Crippen molar-refractivity contribution in [3.8, 4) is 0 Å². The van der Waals surface area contributed by atoms with E-state index in [2.05, 4.69) is 11.1 Å². The van der Waals surface area contributed by atoms with E-state index in [-0.39, 0.29) is 11.8 Å². The van der Waals surface area contributed by atoms with Gasteiger partial charge in [-0.15, -0.1) is 0 Å². The van der Waals surface area contributed by atoms with Crippen molar-refractivity contribution in [3.63, 3.8) is 0 Å². The molecule has 0 saturated carbocycles. The minimum absolute atomic E-state index is 0.106. The summed E-state index contributed by atoms with van der Waals surface area (Å²) in [4.78, 5) is 6.27. The Hall–Kier alpha value is -1.14. The third kappa shape index (κ3) is 5.57. The van der Waals surface area contributed by atoms with Gasteiger partial charge in [0.25, 0.3) is 0 Å². The third-order valence-corrected chi connectivity index (χ3v) is 3.75. The van der Waals surface area contributed by atoms with Crippen LogP contribution in [0.3, 0.4) is 0 Å². The summed E-state index contributed by atoms with van der Waals surface area (Å²) in [5.41, 5.74) is 7.90. The highest BCUT2D eigenvalue weighted by molar-refractivity contribution is 7.90. The predicted octanol–water partition coefficient (Wildman–Crippen LogP) is 0.761. The van der Waals surface area contributed by atoms with E-state index in [1.54, 1.807) is 0 Å². The fraction of sp³-hybridized carbons (Fsp3) is 0.615. The number of hydrogen-bond donors (Lipinski definition) is 1. The highest BCUT2D eigenvalue weighted by Gasteiger charge is 2.10. The van der Waals surface area contributed by atoms with Crippen molar-refractivity contribution >= 4 is 15.7 Å². The van der Waals surface area contributed by atoms with Crippen molar-refractivity contribution in [1.82, 2.24) is 4.98 Å². The maximum absolute atomic E-state index is 11.2. The molecule has 0 aliphatic rings. The number of rotatable bonds is 6. The molecule has 0 bridgehead atoms. The summed E-state index contributed by atoms with van der Waals surface area (Å²) in [6.07, 6.45) is 3.84. The second kappa shape index (κ2) is 6.34. The van der Waals surface area contributed by atoms with E-state index in [4.69, 9.17) is 5.73 Å². The van der Waals surface area contributed by atoms with Crippen molar-refractivity contribution in [2.45, 2.75) is 26.3 Å². The molecular weight excluding hydrogens is 262 g/mol. The van der Waals surface area contributed by atoms with Gasteiger partial charge < -0.3 is 10.6 Å². The van der Waals surface area contributed by atoms with E-state index in [0.29, 0.717) is 6.54 Å². The first-order valence-electron chi connectivity index (χ1n) is 6.29. The maximum atomic E-state index is 11.2. The first kappa shape index (κ1) is 15.9. The van der Waals surface area contributed by atoms with Gasteiger partial charge in [0.15, 0.2) is 0 Å². The van der Waals surface area contributed by atoms with Crippen LogP contribution in [0.25, 0.3) is 0 Å². The number of aryl methyl sites for hydroxylation is 1. The monoisotopic (exact) mass is 285 g/mol. The van der Waals surface area contributed by atoms with E-state index in [1.165, 1.54) is 6.26 Å². The van der Waals surface area contributed by atoms with Crippen LogP contribution in [0.1, 0.15) is 18.1 Å². The summed E-state index contributed by atoms with van der Waals surface area (Å²) in [5, 5.41) is 0. The van der Waals surface area contributed by atoms with E-state index in [0.717, 1.165) is 23.4 Å². The van der Waals surface area contributed by atoms with Gasteiger partial charge in [-0.25, -0.2) is 13.4 Å². The first-order chi connectivity index (χ1) is 8.69. The van der Waals surface area contributed by atoms with Gasteiger partial charge in [0, 0.05) is 32.1 Å². The Balaban J connectivity index is 2.78. The normalized spacial score (nSPS) is 13.3. The van der Waals surface area contributed by atoms with E-state index >= 15 is 0 Å². The molecule has 1 rings (SSSR count). The predicted molar refractivity (Wildman–Crippen MR) is 79.3 cm³/mol.